The monoisotopic (exact) mass is 324 g/mol. The molecule has 0 fully saturated rings. The highest BCUT2D eigenvalue weighted by atomic mass is 16.3. The zero-order valence-corrected chi connectivity index (χ0v) is 13.5. The molecule has 0 bridgehead atoms. The zero-order chi connectivity index (χ0) is 16.9. The number of aliphatic hydroxyl groups excluding tert-OH is 1. The maximum absolute atomic E-state index is 12.4. The van der Waals surface area contributed by atoms with E-state index in [4.69, 9.17) is 0 Å². The third-order valence-electron chi connectivity index (χ3n) is 3.83. The van der Waals surface area contributed by atoms with Gasteiger partial charge in [-0.1, -0.05) is 47.7 Å². The molecular formula is C18H20N4O2. The second-order valence-corrected chi connectivity index (χ2v) is 5.93. The predicted octanol–water partition coefficient (Wildman–Crippen LogP) is 1.28. The first-order valence-corrected chi connectivity index (χ1v) is 7.86. The molecule has 0 saturated carbocycles. The molecule has 24 heavy (non-hydrogen) atoms. The highest BCUT2D eigenvalue weighted by molar-refractivity contribution is 5.76. The lowest BCUT2D eigenvalue weighted by Gasteiger charge is -2.20. The molecule has 1 aromatic heterocycles. The molecule has 6 heteroatoms. The van der Waals surface area contributed by atoms with Gasteiger partial charge in [0.1, 0.15) is 5.52 Å². The van der Waals surface area contributed by atoms with Crippen LogP contribution in [0.2, 0.25) is 0 Å². The molecule has 1 heterocycles. The van der Waals surface area contributed by atoms with Crippen LogP contribution in [0.1, 0.15) is 5.56 Å². The SMILES string of the molecule is CN(Cc1ccccc1)C[C@H](O)Cn1nnc2ccccc2c1=O. The van der Waals surface area contributed by atoms with Crippen molar-refractivity contribution in [3.63, 3.8) is 0 Å². The van der Waals surface area contributed by atoms with Gasteiger partial charge < -0.3 is 5.11 Å². The minimum absolute atomic E-state index is 0.121. The van der Waals surface area contributed by atoms with Crippen molar-refractivity contribution in [2.75, 3.05) is 13.6 Å². The molecule has 0 aliphatic rings. The van der Waals surface area contributed by atoms with E-state index in [1.165, 1.54) is 10.2 Å². The van der Waals surface area contributed by atoms with E-state index in [0.29, 0.717) is 17.4 Å². The van der Waals surface area contributed by atoms with Gasteiger partial charge in [-0.05, 0) is 24.7 Å². The summed E-state index contributed by atoms with van der Waals surface area (Å²) in [5.41, 5.74) is 1.51. The van der Waals surface area contributed by atoms with E-state index in [1.807, 2.05) is 48.3 Å². The Hall–Kier alpha value is -2.57. The van der Waals surface area contributed by atoms with Crippen molar-refractivity contribution in [1.29, 1.82) is 0 Å². The lowest BCUT2D eigenvalue weighted by atomic mass is 10.2. The van der Waals surface area contributed by atoms with Gasteiger partial charge in [0.2, 0.25) is 0 Å². The van der Waals surface area contributed by atoms with Gasteiger partial charge in [0, 0.05) is 13.1 Å². The maximum atomic E-state index is 12.4. The van der Waals surface area contributed by atoms with Crippen LogP contribution in [-0.4, -0.2) is 44.7 Å². The number of fused-ring (bicyclic) bond motifs is 1. The Balaban J connectivity index is 1.65. The van der Waals surface area contributed by atoms with Crippen LogP contribution in [0.15, 0.2) is 59.4 Å². The number of nitrogens with zero attached hydrogens (tertiary/aromatic N) is 4. The minimum atomic E-state index is -0.702. The second-order valence-electron chi connectivity index (χ2n) is 5.93. The van der Waals surface area contributed by atoms with E-state index in [0.717, 1.165) is 6.54 Å². The average molecular weight is 324 g/mol. The maximum Gasteiger partial charge on any atom is 0.277 e. The van der Waals surface area contributed by atoms with Gasteiger partial charge in [-0.3, -0.25) is 9.69 Å². The summed E-state index contributed by atoms with van der Waals surface area (Å²) in [6, 6.07) is 17.1. The molecule has 0 amide bonds. The molecule has 3 rings (SSSR count). The van der Waals surface area contributed by atoms with Gasteiger partial charge in [-0.15, -0.1) is 5.10 Å². The minimum Gasteiger partial charge on any atom is -0.390 e. The Bertz CT molecular complexity index is 864. The Morgan fingerprint density at radius 3 is 2.62 bits per heavy atom. The molecule has 0 spiro atoms. The summed E-state index contributed by atoms with van der Waals surface area (Å²) in [6.45, 7) is 1.29. The summed E-state index contributed by atoms with van der Waals surface area (Å²) < 4.78 is 1.23. The number of aromatic nitrogens is 3. The van der Waals surface area contributed by atoms with E-state index < -0.39 is 6.10 Å². The summed E-state index contributed by atoms with van der Waals surface area (Å²) in [7, 11) is 1.94. The molecule has 1 atom stereocenters. The quantitative estimate of drug-likeness (QED) is 0.740. The van der Waals surface area contributed by atoms with Gasteiger partial charge in [-0.25, -0.2) is 4.68 Å². The first kappa shape index (κ1) is 16.3. The fourth-order valence-corrected chi connectivity index (χ4v) is 2.72. The van der Waals surface area contributed by atoms with Crippen LogP contribution in [0.5, 0.6) is 0 Å². The molecule has 3 aromatic rings. The number of rotatable bonds is 6. The van der Waals surface area contributed by atoms with E-state index in [-0.39, 0.29) is 12.1 Å². The van der Waals surface area contributed by atoms with E-state index >= 15 is 0 Å². The third-order valence-corrected chi connectivity index (χ3v) is 3.83. The fourth-order valence-electron chi connectivity index (χ4n) is 2.72. The molecule has 0 aliphatic carbocycles. The van der Waals surface area contributed by atoms with E-state index in [1.54, 1.807) is 18.2 Å². The predicted molar refractivity (Wildman–Crippen MR) is 92.6 cm³/mol. The highest BCUT2D eigenvalue weighted by Crippen LogP contribution is 2.05. The number of likely N-dealkylation sites (N-methyl/N-ethyl adjacent to an activating group) is 1. The number of benzene rings is 2. The highest BCUT2D eigenvalue weighted by Gasteiger charge is 2.13. The van der Waals surface area contributed by atoms with Crippen molar-refractivity contribution in [2.45, 2.75) is 19.2 Å². The van der Waals surface area contributed by atoms with Crippen LogP contribution in [0.4, 0.5) is 0 Å². The summed E-state index contributed by atoms with van der Waals surface area (Å²) in [4.78, 5) is 14.4. The molecule has 0 unspecified atom stereocenters. The fraction of sp³-hybridized carbons (Fsp3) is 0.278. The largest absolute Gasteiger partial charge is 0.390 e. The molecule has 0 saturated heterocycles. The smallest absolute Gasteiger partial charge is 0.277 e. The Labute approximate surface area is 140 Å². The molecule has 0 radical (unpaired) electrons. The lowest BCUT2D eigenvalue weighted by molar-refractivity contribution is 0.101. The van der Waals surface area contributed by atoms with Gasteiger partial charge >= 0.3 is 0 Å². The second kappa shape index (κ2) is 7.33. The number of hydrogen-bond acceptors (Lipinski definition) is 5. The molecule has 0 aliphatic heterocycles. The third kappa shape index (κ3) is 3.84. The van der Waals surface area contributed by atoms with E-state index in [9.17, 15) is 9.90 Å². The Morgan fingerprint density at radius 1 is 1.12 bits per heavy atom. The summed E-state index contributed by atoms with van der Waals surface area (Å²) in [5, 5.41) is 18.7. The molecule has 124 valence electrons. The lowest BCUT2D eigenvalue weighted by Crippen LogP contribution is -2.36. The van der Waals surface area contributed by atoms with Crippen LogP contribution in [-0.2, 0) is 13.1 Å². The van der Waals surface area contributed by atoms with Crippen molar-refractivity contribution in [3.8, 4) is 0 Å². The number of hydrogen-bond donors (Lipinski definition) is 1. The standard InChI is InChI=1S/C18H20N4O2/c1-21(11-14-7-3-2-4-8-14)12-15(23)13-22-18(24)16-9-5-6-10-17(16)19-20-22/h2-10,15,23H,11-13H2,1H3/t15-/m0/s1. The summed E-state index contributed by atoms with van der Waals surface area (Å²) >= 11 is 0. The topological polar surface area (TPSA) is 71.2 Å². The Kier molecular flexibility index (Phi) is 4.98. The van der Waals surface area contributed by atoms with Gasteiger partial charge in [-0.2, -0.15) is 0 Å². The molecule has 6 nitrogen and oxygen atoms in total. The van der Waals surface area contributed by atoms with Crippen LogP contribution < -0.4 is 5.56 Å². The van der Waals surface area contributed by atoms with Gasteiger partial charge in [0.15, 0.2) is 0 Å². The molecule has 1 N–H and O–H groups in total. The first-order valence-electron chi connectivity index (χ1n) is 7.86. The summed E-state index contributed by atoms with van der Waals surface area (Å²) in [6.07, 6.45) is -0.702. The zero-order valence-electron chi connectivity index (χ0n) is 13.5. The van der Waals surface area contributed by atoms with Crippen LogP contribution in [0.25, 0.3) is 10.9 Å². The van der Waals surface area contributed by atoms with Crippen molar-refractivity contribution in [3.05, 3.63) is 70.5 Å². The van der Waals surface area contributed by atoms with Crippen LogP contribution >= 0.6 is 0 Å². The van der Waals surface area contributed by atoms with Gasteiger partial charge in [0.25, 0.3) is 5.56 Å². The van der Waals surface area contributed by atoms with Crippen molar-refractivity contribution < 1.29 is 5.11 Å². The van der Waals surface area contributed by atoms with Gasteiger partial charge in [0.05, 0.1) is 18.0 Å². The number of aliphatic hydroxyl groups is 1. The molecular weight excluding hydrogens is 304 g/mol. The summed E-state index contributed by atoms with van der Waals surface area (Å²) in [5.74, 6) is 0. The van der Waals surface area contributed by atoms with Crippen molar-refractivity contribution in [1.82, 2.24) is 19.9 Å². The van der Waals surface area contributed by atoms with Crippen molar-refractivity contribution in [2.24, 2.45) is 0 Å². The van der Waals surface area contributed by atoms with E-state index in [2.05, 4.69) is 10.3 Å². The normalized spacial score (nSPS) is 12.6. The average Bonchev–Trinajstić information content (AvgIpc) is 2.58. The Morgan fingerprint density at radius 2 is 1.83 bits per heavy atom. The van der Waals surface area contributed by atoms with Crippen LogP contribution in [0.3, 0.4) is 0 Å². The van der Waals surface area contributed by atoms with Crippen molar-refractivity contribution >= 4 is 10.9 Å². The van der Waals surface area contributed by atoms with Crippen LogP contribution in [0, 0.1) is 0 Å². The molecule has 2 aromatic carbocycles. The first-order chi connectivity index (χ1) is 11.6.